The molecular formula is C26H30N6O4. The molecule has 0 bridgehead atoms. The molecule has 4 heterocycles. The number of pyridine rings is 1. The van der Waals surface area contributed by atoms with Crippen LogP contribution in [0.2, 0.25) is 0 Å². The first-order chi connectivity index (χ1) is 17.2. The van der Waals surface area contributed by atoms with E-state index in [0.29, 0.717) is 30.8 Å². The number of aromatic hydroxyl groups is 1. The van der Waals surface area contributed by atoms with Gasteiger partial charge < -0.3 is 14.8 Å². The van der Waals surface area contributed by atoms with Gasteiger partial charge >= 0.3 is 11.7 Å². The van der Waals surface area contributed by atoms with Crippen LogP contribution in [0.25, 0.3) is 16.9 Å². The highest BCUT2D eigenvalue weighted by Crippen LogP contribution is 2.28. The first-order valence-corrected chi connectivity index (χ1v) is 12.0. The zero-order valence-electron chi connectivity index (χ0n) is 20.6. The van der Waals surface area contributed by atoms with Crippen LogP contribution in [0.3, 0.4) is 0 Å². The average molecular weight is 491 g/mol. The molecule has 10 nitrogen and oxygen atoms in total. The van der Waals surface area contributed by atoms with Gasteiger partial charge in [-0.1, -0.05) is 0 Å². The number of imidazole rings is 2. The largest absolute Gasteiger partial charge is 0.508 e. The van der Waals surface area contributed by atoms with Crippen molar-refractivity contribution in [1.82, 2.24) is 28.6 Å². The van der Waals surface area contributed by atoms with E-state index in [2.05, 4.69) is 14.9 Å². The first-order valence-electron chi connectivity index (χ1n) is 12.0. The molecule has 0 spiro atoms. The van der Waals surface area contributed by atoms with Crippen molar-refractivity contribution in [2.75, 3.05) is 13.1 Å². The van der Waals surface area contributed by atoms with E-state index in [9.17, 15) is 19.8 Å². The third-order valence-corrected chi connectivity index (χ3v) is 7.10. The van der Waals surface area contributed by atoms with E-state index in [1.807, 2.05) is 23.7 Å². The van der Waals surface area contributed by atoms with Gasteiger partial charge in [-0.15, -0.1) is 0 Å². The lowest BCUT2D eigenvalue weighted by atomic mass is 9.88. The Bertz CT molecular complexity index is 1480. The van der Waals surface area contributed by atoms with E-state index in [0.717, 1.165) is 30.0 Å². The average Bonchev–Trinajstić information content (AvgIpc) is 3.51. The molecule has 1 aliphatic rings. The lowest BCUT2D eigenvalue weighted by Crippen LogP contribution is -2.29. The summed E-state index contributed by atoms with van der Waals surface area (Å²) in [5, 5.41) is 19.1. The summed E-state index contributed by atoms with van der Waals surface area (Å²) in [5.74, 6) is 0.172. The van der Waals surface area contributed by atoms with Crippen molar-refractivity contribution in [2.24, 2.45) is 12.5 Å². The molecule has 188 valence electrons. The monoisotopic (exact) mass is 490 g/mol. The van der Waals surface area contributed by atoms with Crippen molar-refractivity contribution in [1.29, 1.82) is 0 Å². The molecule has 1 fully saturated rings. The molecular weight excluding hydrogens is 460 g/mol. The quantitative estimate of drug-likeness (QED) is 0.409. The number of phenols is 1. The van der Waals surface area contributed by atoms with Gasteiger partial charge in [-0.3, -0.25) is 18.8 Å². The van der Waals surface area contributed by atoms with Gasteiger partial charge in [-0.25, -0.2) is 14.8 Å². The normalized spacial score (nSPS) is 16.7. The predicted molar refractivity (Wildman–Crippen MR) is 134 cm³/mol. The van der Waals surface area contributed by atoms with E-state index < -0.39 is 11.4 Å². The fourth-order valence-corrected chi connectivity index (χ4v) is 4.92. The number of carboxylic acids is 1. The van der Waals surface area contributed by atoms with Gasteiger partial charge in [-0.05, 0) is 56.7 Å². The van der Waals surface area contributed by atoms with Crippen molar-refractivity contribution in [3.8, 4) is 11.4 Å². The fourth-order valence-electron chi connectivity index (χ4n) is 4.92. The molecule has 0 amide bonds. The van der Waals surface area contributed by atoms with E-state index in [1.165, 1.54) is 0 Å². The second-order valence-electron chi connectivity index (χ2n) is 10.1. The van der Waals surface area contributed by atoms with Crippen LogP contribution in [0.5, 0.6) is 5.75 Å². The van der Waals surface area contributed by atoms with E-state index in [-0.39, 0.29) is 17.5 Å². The number of hydrogen-bond donors (Lipinski definition) is 2. The molecule has 10 heteroatoms. The van der Waals surface area contributed by atoms with Crippen LogP contribution in [0.4, 0.5) is 0 Å². The zero-order valence-corrected chi connectivity index (χ0v) is 20.6. The minimum Gasteiger partial charge on any atom is -0.508 e. The lowest BCUT2D eigenvalue weighted by molar-refractivity contribution is -0.146. The van der Waals surface area contributed by atoms with Crippen molar-refractivity contribution < 1.29 is 15.0 Å². The Morgan fingerprint density at radius 3 is 2.64 bits per heavy atom. The van der Waals surface area contributed by atoms with Crippen LogP contribution in [-0.4, -0.2) is 57.8 Å². The highest BCUT2D eigenvalue weighted by molar-refractivity contribution is 5.74. The SMILES string of the molecule is Cn1c(CC(C)(C)C(=O)O)cnc1CN1CC[C@H](n2c(=O)n(-c3ccc(O)cc3)c3cccnc32)C1. The number of aliphatic carboxylic acids is 1. The number of benzene rings is 1. The number of nitrogens with zero attached hydrogens (tertiary/aromatic N) is 6. The second-order valence-corrected chi connectivity index (χ2v) is 10.1. The summed E-state index contributed by atoms with van der Waals surface area (Å²) in [7, 11) is 1.92. The number of likely N-dealkylation sites (tertiary alicyclic amines) is 1. The smallest absolute Gasteiger partial charge is 0.335 e. The van der Waals surface area contributed by atoms with Crippen LogP contribution >= 0.6 is 0 Å². The van der Waals surface area contributed by atoms with Gasteiger partial charge in [0, 0.05) is 44.6 Å². The van der Waals surface area contributed by atoms with Crippen molar-refractivity contribution in [2.45, 2.75) is 39.3 Å². The summed E-state index contributed by atoms with van der Waals surface area (Å²) >= 11 is 0. The van der Waals surface area contributed by atoms with Crippen LogP contribution in [0, 0.1) is 5.41 Å². The standard InChI is InChI=1S/C26H30N6O4/c1-26(2,24(34)35)13-19-14-28-22(29(19)3)16-30-12-10-18(15-30)32-23-21(5-4-11-27-23)31(25(32)36)17-6-8-20(33)9-7-17/h4-9,11,14,18,33H,10,12-13,15-16H2,1-3H3,(H,34,35)/t18-/m0/s1. The van der Waals surface area contributed by atoms with Crippen molar-refractivity contribution in [3.05, 3.63) is 70.8 Å². The van der Waals surface area contributed by atoms with Gasteiger partial charge in [0.25, 0.3) is 0 Å². The minimum absolute atomic E-state index is 0.0426. The Balaban J connectivity index is 1.39. The third kappa shape index (κ3) is 4.17. The zero-order chi connectivity index (χ0) is 25.6. The third-order valence-electron chi connectivity index (χ3n) is 7.10. The van der Waals surface area contributed by atoms with E-state index in [1.54, 1.807) is 59.6 Å². The maximum atomic E-state index is 13.6. The molecule has 0 radical (unpaired) electrons. The second kappa shape index (κ2) is 8.94. The molecule has 1 aliphatic heterocycles. The summed E-state index contributed by atoms with van der Waals surface area (Å²) in [4.78, 5) is 36.5. The van der Waals surface area contributed by atoms with E-state index >= 15 is 0 Å². The van der Waals surface area contributed by atoms with Gasteiger partial charge in [0.1, 0.15) is 11.6 Å². The first kappa shape index (κ1) is 23.8. The summed E-state index contributed by atoms with van der Waals surface area (Å²) in [6.45, 7) is 5.52. The molecule has 0 unspecified atom stereocenters. The lowest BCUT2D eigenvalue weighted by Gasteiger charge is -2.20. The van der Waals surface area contributed by atoms with Crippen LogP contribution in [-0.2, 0) is 24.8 Å². The Labute approximate surface area is 208 Å². The Morgan fingerprint density at radius 2 is 1.92 bits per heavy atom. The Morgan fingerprint density at radius 1 is 1.17 bits per heavy atom. The summed E-state index contributed by atoms with van der Waals surface area (Å²) in [6, 6.07) is 10.2. The van der Waals surface area contributed by atoms with Gasteiger partial charge in [0.15, 0.2) is 5.65 Å². The molecule has 0 aliphatic carbocycles. The molecule has 36 heavy (non-hydrogen) atoms. The highest BCUT2D eigenvalue weighted by Gasteiger charge is 2.31. The van der Waals surface area contributed by atoms with Crippen molar-refractivity contribution >= 4 is 17.1 Å². The molecule has 1 atom stereocenters. The Hall–Kier alpha value is -3.92. The maximum absolute atomic E-state index is 13.6. The summed E-state index contributed by atoms with van der Waals surface area (Å²) in [5.41, 5.74) is 1.89. The number of fused-ring (bicyclic) bond motifs is 1. The number of carbonyl (C=O) groups is 1. The van der Waals surface area contributed by atoms with E-state index in [4.69, 9.17) is 0 Å². The topological polar surface area (TPSA) is 118 Å². The molecule has 2 N–H and O–H groups in total. The molecule has 3 aromatic heterocycles. The number of carboxylic acid groups (broad SMARTS) is 1. The van der Waals surface area contributed by atoms with Gasteiger partial charge in [0.05, 0.1) is 29.2 Å². The number of hydrogen-bond acceptors (Lipinski definition) is 6. The highest BCUT2D eigenvalue weighted by atomic mass is 16.4. The number of aromatic nitrogens is 5. The minimum atomic E-state index is -0.871. The molecule has 1 saturated heterocycles. The molecule has 1 aromatic carbocycles. The van der Waals surface area contributed by atoms with Crippen LogP contribution in [0.1, 0.15) is 37.8 Å². The molecule has 5 rings (SSSR count). The van der Waals surface area contributed by atoms with Crippen molar-refractivity contribution in [3.63, 3.8) is 0 Å². The van der Waals surface area contributed by atoms with Crippen LogP contribution < -0.4 is 5.69 Å². The molecule has 0 saturated carbocycles. The van der Waals surface area contributed by atoms with Gasteiger partial charge in [0.2, 0.25) is 0 Å². The molecule has 4 aromatic rings. The Kier molecular flexibility index (Phi) is 5.91. The fraction of sp³-hybridized carbons (Fsp3) is 0.385. The maximum Gasteiger partial charge on any atom is 0.335 e. The van der Waals surface area contributed by atoms with Crippen LogP contribution in [0.15, 0.2) is 53.6 Å². The summed E-state index contributed by atoms with van der Waals surface area (Å²) < 4.78 is 5.39. The van der Waals surface area contributed by atoms with Gasteiger partial charge in [-0.2, -0.15) is 0 Å². The number of rotatable bonds is 7. The number of phenolic OH excluding ortho intramolecular Hbond substituents is 1. The predicted octanol–water partition coefficient (Wildman–Crippen LogP) is 2.73. The summed E-state index contributed by atoms with van der Waals surface area (Å²) in [6.07, 6.45) is 4.65.